The van der Waals surface area contributed by atoms with Crippen LogP contribution in [0.2, 0.25) is 0 Å². The molecule has 2 aromatic rings. The van der Waals surface area contributed by atoms with E-state index in [9.17, 15) is 9.59 Å². The molecule has 2 amide bonds. The first kappa shape index (κ1) is 25.3. The third-order valence-corrected chi connectivity index (χ3v) is 10.7. The summed E-state index contributed by atoms with van der Waals surface area (Å²) in [5, 5.41) is 0. The van der Waals surface area contributed by atoms with E-state index < -0.39 is 22.3 Å². The molecule has 6 rings (SSSR count). The zero-order valence-corrected chi connectivity index (χ0v) is 24.0. The number of carbonyl (C=O) groups excluding carboxylic acids is 2. The predicted octanol–water partition coefficient (Wildman–Crippen LogP) is 6.60. The molecule has 6 heteroatoms. The zero-order chi connectivity index (χ0) is 27.5. The molecule has 0 radical (unpaired) electrons. The van der Waals surface area contributed by atoms with E-state index in [4.69, 9.17) is 9.47 Å². The number of ether oxygens (including phenoxy) is 2. The second-order valence-corrected chi connectivity index (χ2v) is 13.9. The van der Waals surface area contributed by atoms with Crippen molar-refractivity contribution in [1.82, 2.24) is 9.80 Å². The molecule has 2 heterocycles. The predicted molar refractivity (Wildman–Crippen MR) is 146 cm³/mol. The highest BCUT2D eigenvalue weighted by atomic mass is 16.6. The fraction of sp³-hybridized carbons (Fsp3) is 0.562. The number of rotatable bonds is 3. The van der Waals surface area contributed by atoms with Crippen LogP contribution in [0.15, 0.2) is 48.5 Å². The Morgan fingerprint density at radius 2 is 0.895 bits per heavy atom. The maximum Gasteiger partial charge on any atom is 0.411 e. The highest BCUT2D eigenvalue weighted by Crippen LogP contribution is 2.59. The van der Waals surface area contributed by atoms with Crippen LogP contribution in [-0.2, 0) is 31.4 Å². The third-order valence-electron chi connectivity index (χ3n) is 10.7. The summed E-state index contributed by atoms with van der Waals surface area (Å²) in [4.78, 5) is 30.8. The average Bonchev–Trinajstić information content (AvgIpc) is 3.14. The van der Waals surface area contributed by atoms with Crippen LogP contribution in [0.1, 0.15) is 90.5 Å². The lowest BCUT2D eigenvalue weighted by molar-refractivity contribution is -0.0368. The normalized spacial score (nSPS) is 36.1. The van der Waals surface area contributed by atoms with Gasteiger partial charge in [0.25, 0.3) is 0 Å². The summed E-state index contributed by atoms with van der Waals surface area (Å²) in [5.41, 5.74) is 1.78. The molecule has 0 saturated carbocycles. The Kier molecular flexibility index (Phi) is 4.88. The monoisotopic (exact) mass is 516 g/mol. The van der Waals surface area contributed by atoms with Crippen molar-refractivity contribution in [1.29, 1.82) is 0 Å². The third kappa shape index (κ3) is 2.89. The smallest absolute Gasteiger partial charge is 0.411 e. The van der Waals surface area contributed by atoms with Crippen LogP contribution in [0.5, 0.6) is 0 Å². The second kappa shape index (κ2) is 7.34. The van der Waals surface area contributed by atoms with E-state index >= 15 is 0 Å². The molecule has 2 aliphatic carbocycles. The van der Waals surface area contributed by atoms with Gasteiger partial charge in [0.05, 0.1) is 0 Å². The van der Waals surface area contributed by atoms with Crippen LogP contribution < -0.4 is 0 Å². The molecule has 2 aromatic carbocycles. The van der Waals surface area contributed by atoms with Crippen molar-refractivity contribution in [2.45, 2.75) is 101 Å². The molecule has 0 bridgehead atoms. The van der Waals surface area contributed by atoms with E-state index in [1.54, 1.807) is 0 Å². The van der Waals surface area contributed by atoms with Gasteiger partial charge in [-0.15, -0.1) is 0 Å². The van der Waals surface area contributed by atoms with Crippen LogP contribution in [0.3, 0.4) is 0 Å². The summed E-state index contributed by atoms with van der Waals surface area (Å²) >= 11 is 0. The summed E-state index contributed by atoms with van der Waals surface area (Å²) in [6.07, 6.45) is 0.792. The van der Waals surface area contributed by atoms with E-state index in [2.05, 4.69) is 91.8 Å². The molecule has 4 atom stereocenters. The number of hydrogen-bond acceptors (Lipinski definition) is 4. The maximum atomic E-state index is 13.5. The van der Waals surface area contributed by atoms with Crippen molar-refractivity contribution >= 4 is 12.2 Å². The molecule has 0 N–H and O–H groups in total. The van der Waals surface area contributed by atoms with Gasteiger partial charge in [0, 0.05) is 13.1 Å². The van der Waals surface area contributed by atoms with Gasteiger partial charge in [-0.25, -0.2) is 9.59 Å². The highest BCUT2D eigenvalue weighted by Gasteiger charge is 2.68. The molecular weight excluding hydrogens is 476 g/mol. The number of nitrogens with zero attached hydrogens (tertiary/aromatic N) is 2. The van der Waals surface area contributed by atoms with E-state index in [1.165, 1.54) is 11.1 Å². The summed E-state index contributed by atoms with van der Waals surface area (Å²) in [6.45, 7) is 18.0. The Balaban J connectivity index is 1.40. The average molecular weight is 517 g/mol. The van der Waals surface area contributed by atoms with Crippen molar-refractivity contribution in [3.63, 3.8) is 0 Å². The van der Waals surface area contributed by atoms with Crippen LogP contribution in [0.4, 0.5) is 9.59 Å². The first-order valence-corrected chi connectivity index (χ1v) is 13.8. The lowest BCUT2D eigenvalue weighted by Gasteiger charge is -2.53. The number of carbonyl (C=O) groups is 2. The molecule has 38 heavy (non-hydrogen) atoms. The number of hydrogen-bond donors (Lipinski definition) is 0. The van der Waals surface area contributed by atoms with Gasteiger partial charge < -0.3 is 9.47 Å². The Labute approximate surface area is 226 Å². The van der Waals surface area contributed by atoms with Gasteiger partial charge in [0.15, 0.2) is 0 Å². The maximum absolute atomic E-state index is 13.5. The van der Waals surface area contributed by atoms with Crippen LogP contribution >= 0.6 is 0 Å². The van der Waals surface area contributed by atoms with Gasteiger partial charge >= 0.3 is 12.2 Å². The van der Waals surface area contributed by atoms with Crippen molar-refractivity contribution < 1.29 is 19.1 Å². The van der Waals surface area contributed by atoms with Gasteiger partial charge in [0.1, 0.15) is 22.3 Å². The van der Waals surface area contributed by atoms with Crippen LogP contribution in [0, 0.1) is 0 Å². The summed E-state index contributed by atoms with van der Waals surface area (Å²) < 4.78 is 12.4. The molecule has 202 valence electrons. The SMILES string of the molecule is CC1(C)CC2(C)OC(=O)N(CCN3C(=O)OC4(C)CC(C)(C)c5ccccc5C34C)C2(C)c2ccccc21. The lowest BCUT2D eigenvalue weighted by atomic mass is 9.58. The minimum Gasteiger partial charge on any atom is -0.440 e. The first-order valence-electron chi connectivity index (χ1n) is 13.8. The molecule has 4 aliphatic rings. The lowest BCUT2D eigenvalue weighted by Crippen LogP contribution is -2.61. The minimum atomic E-state index is -0.687. The molecule has 2 fully saturated rings. The molecular formula is C32H40N2O4. The number of fused-ring (bicyclic) bond motifs is 6. The van der Waals surface area contributed by atoms with E-state index in [0.29, 0.717) is 13.1 Å². The minimum absolute atomic E-state index is 0.131. The topological polar surface area (TPSA) is 59.1 Å². The fourth-order valence-electron chi connectivity index (χ4n) is 8.61. The summed E-state index contributed by atoms with van der Waals surface area (Å²) in [5.74, 6) is 0. The molecule has 0 aromatic heterocycles. The highest BCUT2D eigenvalue weighted by molar-refractivity contribution is 5.76. The van der Waals surface area contributed by atoms with Gasteiger partial charge in [-0.1, -0.05) is 76.2 Å². The molecule has 0 spiro atoms. The van der Waals surface area contributed by atoms with E-state index in [0.717, 1.165) is 24.0 Å². The summed E-state index contributed by atoms with van der Waals surface area (Å²) in [6, 6.07) is 16.8. The second-order valence-electron chi connectivity index (χ2n) is 13.9. The number of benzene rings is 2. The van der Waals surface area contributed by atoms with Crippen molar-refractivity contribution in [3.05, 3.63) is 70.8 Å². The Morgan fingerprint density at radius 1 is 0.579 bits per heavy atom. The quantitative estimate of drug-likeness (QED) is 0.461. The van der Waals surface area contributed by atoms with Crippen molar-refractivity contribution in [3.8, 4) is 0 Å². The Bertz CT molecular complexity index is 1260. The van der Waals surface area contributed by atoms with E-state index in [-0.39, 0.29) is 23.0 Å². The first-order chi connectivity index (χ1) is 17.6. The molecule has 2 saturated heterocycles. The van der Waals surface area contributed by atoms with Crippen molar-refractivity contribution in [2.75, 3.05) is 13.1 Å². The molecule has 6 nitrogen and oxygen atoms in total. The Hall–Kier alpha value is -3.02. The van der Waals surface area contributed by atoms with Gasteiger partial charge in [-0.05, 0) is 73.6 Å². The van der Waals surface area contributed by atoms with Crippen LogP contribution in [0.25, 0.3) is 0 Å². The number of amides is 2. The molecule has 2 aliphatic heterocycles. The van der Waals surface area contributed by atoms with Gasteiger partial charge in [-0.3, -0.25) is 9.80 Å². The van der Waals surface area contributed by atoms with E-state index in [1.807, 2.05) is 21.9 Å². The van der Waals surface area contributed by atoms with Crippen LogP contribution in [-0.4, -0.2) is 46.3 Å². The largest absolute Gasteiger partial charge is 0.440 e. The summed E-state index contributed by atoms with van der Waals surface area (Å²) in [7, 11) is 0. The standard InChI is InChI=1S/C32H40N2O4/c1-27(2)19-29(5)31(7,23-15-11-9-13-21(23)27)33(25(35)37-29)17-18-34-26(36)38-30(6)20-28(3,4)22-14-10-12-16-24(22)32(30,34)8/h9-16H,17-20H2,1-8H3. The van der Waals surface area contributed by atoms with Gasteiger partial charge in [-0.2, -0.15) is 0 Å². The Morgan fingerprint density at radius 3 is 1.24 bits per heavy atom. The fourth-order valence-corrected chi connectivity index (χ4v) is 8.61. The zero-order valence-electron chi connectivity index (χ0n) is 24.0. The van der Waals surface area contributed by atoms with Gasteiger partial charge in [0.2, 0.25) is 0 Å². The molecule has 4 unspecified atom stereocenters. The van der Waals surface area contributed by atoms with Crippen molar-refractivity contribution in [2.24, 2.45) is 0 Å².